The third kappa shape index (κ3) is 5.00. The Morgan fingerprint density at radius 3 is 2.43 bits per heavy atom. The lowest BCUT2D eigenvalue weighted by Gasteiger charge is -2.13. The van der Waals surface area contributed by atoms with Crippen molar-refractivity contribution in [1.29, 1.82) is 0 Å². The van der Waals surface area contributed by atoms with Crippen molar-refractivity contribution in [2.24, 2.45) is 10.7 Å². The minimum Gasteiger partial charge on any atom is -0.495 e. The van der Waals surface area contributed by atoms with Gasteiger partial charge in [0.15, 0.2) is 5.96 Å². The van der Waals surface area contributed by atoms with Crippen LogP contribution in [0, 0.1) is 0 Å². The molecule has 0 spiro atoms. The summed E-state index contributed by atoms with van der Waals surface area (Å²) in [6.45, 7) is 1.42. The van der Waals surface area contributed by atoms with Crippen LogP contribution in [0.1, 0.15) is 11.1 Å². The van der Waals surface area contributed by atoms with E-state index in [0.29, 0.717) is 12.5 Å². The Morgan fingerprint density at radius 1 is 1.09 bits per heavy atom. The van der Waals surface area contributed by atoms with E-state index >= 15 is 0 Å². The van der Waals surface area contributed by atoms with Gasteiger partial charge in [-0.3, -0.25) is 0 Å². The molecule has 0 saturated heterocycles. The molecule has 0 aliphatic carbocycles. The molecule has 0 radical (unpaired) electrons. The molecule has 0 aliphatic rings. The molecule has 0 heterocycles. The molecule has 3 N–H and O–H groups in total. The van der Waals surface area contributed by atoms with Crippen LogP contribution in [0.4, 0.5) is 5.69 Å². The highest BCUT2D eigenvalue weighted by Gasteiger charge is 2.04. The summed E-state index contributed by atoms with van der Waals surface area (Å²) >= 11 is 0. The summed E-state index contributed by atoms with van der Waals surface area (Å²) in [5.74, 6) is 1.10. The molecule has 0 aromatic heterocycles. The summed E-state index contributed by atoms with van der Waals surface area (Å²) in [7, 11) is 5.74. The van der Waals surface area contributed by atoms with E-state index in [2.05, 4.69) is 41.4 Å². The van der Waals surface area contributed by atoms with E-state index in [1.54, 1.807) is 7.11 Å². The van der Waals surface area contributed by atoms with Gasteiger partial charge in [0.25, 0.3) is 0 Å². The number of hydrogen-bond acceptors (Lipinski definition) is 3. The first-order valence-corrected chi connectivity index (χ1v) is 7.51. The van der Waals surface area contributed by atoms with Gasteiger partial charge in [-0.05, 0) is 37.4 Å². The topological polar surface area (TPSA) is 62.9 Å². The molecule has 0 bridgehead atoms. The number of nitrogens with zero attached hydrogens (tertiary/aromatic N) is 2. The number of ether oxygens (including phenoxy) is 1. The number of para-hydroxylation sites is 2. The molecular formula is C18H24N4O. The van der Waals surface area contributed by atoms with Crippen LogP contribution in [-0.2, 0) is 13.1 Å². The largest absolute Gasteiger partial charge is 0.495 e. The number of aliphatic imine (C=N–C) groups is 1. The van der Waals surface area contributed by atoms with Gasteiger partial charge in [-0.1, -0.05) is 36.4 Å². The molecule has 0 unspecified atom stereocenters. The molecule has 23 heavy (non-hydrogen) atoms. The van der Waals surface area contributed by atoms with Gasteiger partial charge in [0.1, 0.15) is 5.75 Å². The molecule has 122 valence electrons. The number of nitrogens with two attached hydrogens (primary N) is 1. The van der Waals surface area contributed by atoms with Crippen LogP contribution >= 0.6 is 0 Å². The van der Waals surface area contributed by atoms with E-state index < -0.39 is 0 Å². The zero-order chi connectivity index (χ0) is 16.7. The first-order valence-electron chi connectivity index (χ1n) is 7.51. The quantitative estimate of drug-likeness (QED) is 0.636. The maximum absolute atomic E-state index is 6.00. The van der Waals surface area contributed by atoms with Crippen LogP contribution in [-0.4, -0.2) is 32.1 Å². The van der Waals surface area contributed by atoms with Crippen molar-refractivity contribution in [3.63, 3.8) is 0 Å². The van der Waals surface area contributed by atoms with E-state index in [1.165, 1.54) is 11.1 Å². The van der Waals surface area contributed by atoms with Crippen molar-refractivity contribution in [3.8, 4) is 5.75 Å². The predicted octanol–water partition coefficient (Wildman–Crippen LogP) is 2.68. The first-order chi connectivity index (χ1) is 11.1. The molecule has 0 atom stereocenters. The smallest absolute Gasteiger partial charge is 0.193 e. The van der Waals surface area contributed by atoms with Crippen molar-refractivity contribution < 1.29 is 4.74 Å². The molecule has 0 saturated carbocycles. The standard InChI is InChI=1S/C18H24N4O/c1-22(2)13-15-9-5-4-8-14(15)12-20-18(19)21-16-10-6-7-11-17(16)23-3/h4-11H,12-13H2,1-3H3,(H3,19,20,21). The second-order valence-corrected chi connectivity index (χ2v) is 5.53. The van der Waals surface area contributed by atoms with Gasteiger partial charge in [-0.2, -0.15) is 0 Å². The number of methoxy groups -OCH3 is 1. The summed E-state index contributed by atoms with van der Waals surface area (Å²) in [5.41, 5.74) is 9.23. The maximum Gasteiger partial charge on any atom is 0.193 e. The van der Waals surface area contributed by atoms with E-state index in [1.807, 2.05) is 36.4 Å². The van der Waals surface area contributed by atoms with Crippen LogP contribution < -0.4 is 15.8 Å². The zero-order valence-electron chi connectivity index (χ0n) is 13.9. The third-order valence-electron chi connectivity index (χ3n) is 3.39. The van der Waals surface area contributed by atoms with E-state index in [0.717, 1.165) is 18.0 Å². The van der Waals surface area contributed by atoms with E-state index in [4.69, 9.17) is 10.5 Å². The average Bonchev–Trinajstić information content (AvgIpc) is 2.54. The SMILES string of the molecule is COc1ccccc1NC(N)=NCc1ccccc1CN(C)C. The van der Waals surface area contributed by atoms with E-state index in [9.17, 15) is 0 Å². The second kappa shape index (κ2) is 8.19. The summed E-state index contributed by atoms with van der Waals surface area (Å²) in [4.78, 5) is 6.58. The number of anilines is 1. The fourth-order valence-corrected chi connectivity index (χ4v) is 2.30. The van der Waals surface area contributed by atoms with Crippen molar-refractivity contribution in [3.05, 3.63) is 59.7 Å². The highest BCUT2D eigenvalue weighted by Crippen LogP contribution is 2.22. The van der Waals surface area contributed by atoms with Crippen molar-refractivity contribution in [1.82, 2.24) is 4.90 Å². The Bertz CT molecular complexity index is 668. The number of benzene rings is 2. The Labute approximate surface area is 137 Å². The lowest BCUT2D eigenvalue weighted by atomic mass is 10.1. The Morgan fingerprint density at radius 2 is 1.74 bits per heavy atom. The molecule has 0 amide bonds. The van der Waals surface area contributed by atoms with Crippen LogP contribution in [0.15, 0.2) is 53.5 Å². The lowest BCUT2D eigenvalue weighted by molar-refractivity contribution is 0.401. The molecular weight excluding hydrogens is 288 g/mol. The summed E-state index contributed by atoms with van der Waals surface area (Å²) < 4.78 is 5.29. The fourth-order valence-electron chi connectivity index (χ4n) is 2.30. The molecule has 5 nitrogen and oxygen atoms in total. The lowest BCUT2D eigenvalue weighted by Crippen LogP contribution is -2.23. The Balaban J connectivity index is 2.08. The van der Waals surface area contributed by atoms with Gasteiger partial charge in [0, 0.05) is 6.54 Å². The highest BCUT2D eigenvalue weighted by molar-refractivity contribution is 5.93. The average molecular weight is 312 g/mol. The molecule has 2 rings (SSSR count). The normalized spacial score (nSPS) is 11.6. The maximum atomic E-state index is 6.00. The second-order valence-electron chi connectivity index (χ2n) is 5.53. The predicted molar refractivity (Wildman–Crippen MR) is 95.8 cm³/mol. The van der Waals surface area contributed by atoms with Crippen molar-refractivity contribution in [2.45, 2.75) is 13.1 Å². The minimum absolute atomic E-state index is 0.370. The van der Waals surface area contributed by atoms with Crippen LogP contribution in [0.3, 0.4) is 0 Å². The molecule has 2 aromatic carbocycles. The zero-order valence-corrected chi connectivity index (χ0v) is 13.9. The van der Waals surface area contributed by atoms with Gasteiger partial charge in [0.2, 0.25) is 0 Å². The number of guanidine groups is 1. The number of rotatable bonds is 6. The van der Waals surface area contributed by atoms with Crippen molar-refractivity contribution in [2.75, 3.05) is 26.5 Å². The summed E-state index contributed by atoms with van der Waals surface area (Å²) in [6, 6.07) is 15.9. The first kappa shape index (κ1) is 16.8. The molecule has 0 aliphatic heterocycles. The van der Waals surface area contributed by atoms with Crippen molar-refractivity contribution >= 4 is 11.6 Å². The molecule has 0 fully saturated rings. The number of hydrogen-bond donors (Lipinski definition) is 2. The van der Waals surface area contributed by atoms with Crippen LogP contribution in [0.25, 0.3) is 0 Å². The Hall–Kier alpha value is -2.53. The van der Waals surface area contributed by atoms with Gasteiger partial charge < -0.3 is 20.7 Å². The molecule has 2 aromatic rings. The summed E-state index contributed by atoms with van der Waals surface area (Å²) in [5, 5.41) is 3.08. The summed E-state index contributed by atoms with van der Waals surface area (Å²) in [6.07, 6.45) is 0. The van der Waals surface area contributed by atoms with Gasteiger partial charge in [0.05, 0.1) is 19.3 Å². The Kier molecular flexibility index (Phi) is 6.00. The van der Waals surface area contributed by atoms with Gasteiger partial charge >= 0.3 is 0 Å². The third-order valence-corrected chi connectivity index (χ3v) is 3.39. The number of nitrogens with one attached hydrogen (secondary N) is 1. The van der Waals surface area contributed by atoms with Gasteiger partial charge in [-0.25, -0.2) is 4.99 Å². The fraction of sp³-hybridized carbons (Fsp3) is 0.278. The minimum atomic E-state index is 0.370. The van der Waals surface area contributed by atoms with Crippen LogP contribution in [0.2, 0.25) is 0 Å². The van der Waals surface area contributed by atoms with Crippen LogP contribution in [0.5, 0.6) is 5.75 Å². The molecule has 5 heteroatoms. The monoisotopic (exact) mass is 312 g/mol. The highest BCUT2D eigenvalue weighted by atomic mass is 16.5. The van der Waals surface area contributed by atoms with E-state index in [-0.39, 0.29) is 0 Å². The van der Waals surface area contributed by atoms with Gasteiger partial charge in [-0.15, -0.1) is 0 Å².